The standard InChI is InChI=1S/C14H12BrFN2O/c1-8-4-9(15)6-11(5-8)18-14(19)12-3-2-10(17)7-13(12)16/h2-7H,17H2,1H3,(H,18,19). The van der Waals surface area contributed by atoms with Gasteiger partial charge in [0.15, 0.2) is 0 Å². The van der Waals surface area contributed by atoms with Crippen LogP contribution in [-0.4, -0.2) is 5.91 Å². The van der Waals surface area contributed by atoms with E-state index < -0.39 is 11.7 Å². The summed E-state index contributed by atoms with van der Waals surface area (Å²) in [6.07, 6.45) is 0. The van der Waals surface area contributed by atoms with Crippen LogP contribution in [0, 0.1) is 12.7 Å². The predicted molar refractivity (Wildman–Crippen MR) is 77.6 cm³/mol. The molecule has 2 rings (SSSR count). The van der Waals surface area contributed by atoms with Gasteiger partial charge in [0, 0.05) is 15.8 Å². The van der Waals surface area contributed by atoms with Crippen LogP contribution >= 0.6 is 15.9 Å². The molecule has 0 saturated heterocycles. The van der Waals surface area contributed by atoms with E-state index in [2.05, 4.69) is 21.2 Å². The fourth-order valence-electron chi connectivity index (χ4n) is 1.72. The molecule has 1 amide bonds. The molecule has 3 N–H and O–H groups in total. The summed E-state index contributed by atoms with van der Waals surface area (Å²) in [5.41, 5.74) is 7.28. The van der Waals surface area contributed by atoms with Gasteiger partial charge in [0.05, 0.1) is 5.56 Å². The van der Waals surface area contributed by atoms with E-state index in [4.69, 9.17) is 5.73 Å². The average molecular weight is 323 g/mol. The van der Waals surface area contributed by atoms with Crippen molar-refractivity contribution in [3.63, 3.8) is 0 Å². The van der Waals surface area contributed by atoms with E-state index in [1.807, 2.05) is 13.0 Å². The SMILES string of the molecule is Cc1cc(Br)cc(NC(=O)c2ccc(N)cc2F)c1. The van der Waals surface area contributed by atoms with Gasteiger partial charge in [-0.1, -0.05) is 15.9 Å². The van der Waals surface area contributed by atoms with Gasteiger partial charge in [0.2, 0.25) is 0 Å². The number of nitrogens with one attached hydrogen (secondary N) is 1. The number of halogens is 2. The maximum Gasteiger partial charge on any atom is 0.258 e. The Hall–Kier alpha value is -1.88. The molecule has 2 aromatic carbocycles. The van der Waals surface area contributed by atoms with E-state index in [9.17, 15) is 9.18 Å². The van der Waals surface area contributed by atoms with E-state index in [1.165, 1.54) is 12.1 Å². The molecule has 0 aromatic heterocycles. The van der Waals surface area contributed by atoms with Gasteiger partial charge < -0.3 is 11.1 Å². The highest BCUT2D eigenvalue weighted by molar-refractivity contribution is 9.10. The molecule has 0 bridgehead atoms. The second-order valence-electron chi connectivity index (χ2n) is 4.21. The zero-order chi connectivity index (χ0) is 14.0. The first-order valence-electron chi connectivity index (χ1n) is 5.59. The molecular weight excluding hydrogens is 311 g/mol. The molecular formula is C14H12BrFN2O. The highest BCUT2D eigenvalue weighted by Crippen LogP contribution is 2.20. The molecule has 0 aliphatic rings. The molecule has 5 heteroatoms. The summed E-state index contributed by atoms with van der Waals surface area (Å²) in [5.74, 6) is -1.14. The third-order valence-electron chi connectivity index (χ3n) is 2.54. The number of anilines is 2. The van der Waals surface area contributed by atoms with Crippen LogP contribution in [0.4, 0.5) is 15.8 Å². The van der Waals surface area contributed by atoms with Crippen LogP contribution in [0.5, 0.6) is 0 Å². The van der Waals surface area contributed by atoms with Gasteiger partial charge in [-0.05, 0) is 48.9 Å². The van der Waals surface area contributed by atoms with Gasteiger partial charge in [-0.3, -0.25) is 4.79 Å². The van der Waals surface area contributed by atoms with Crippen LogP contribution in [0.2, 0.25) is 0 Å². The van der Waals surface area contributed by atoms with Gasteiger partial charge in [-0.2, -0.15) is 0 Å². The van der Waals surface area contributed by atoms with Crippen LogP contribution in [0.25, 0.3) is 0 Å². The lowest BCUT2D eigenvalue weighted by Gasteiger charge is -2.08. The number of nitrogens with two attached hydrogens (primary N) is 1. The second kappa shape index (κ2) is 5.40. The lowest BCUT2D eigenvalue weighted by molar-refractivity contribution is 0.102. The third kappa shape index (κ3) is 3.32. The predicted octanol–water partition coefficient (Wildman–Crippen LogP) is 3.73. The maximum absolute atomic E-state index is 13.6. The molecule has 3 nitrogen and oxygen atoms in total. The van der Waals surface area contributed by atoms with E-state index >= 15 is 0 Å². The van der Waals surface area contributed by atoms with Gasteiger partial charge in [-0.15, -0.1) is 0 Å². The topological polar surface area (TPSA) is 55.1 Å². The first-order chi connectivity index (χ1) is 8.95. The molecule has 0 saturated carbocycles. The molecule has 0 radical (unpaired) electrons. The molecule has 0 aliphatic carbocycles. The Kier molecular flexibility index (Phi) is 3.85. The zero-order valence-electron chi connectivity index (χ0n) is 10.2. The highest BCUT2D eigenvalue weighted by Gasteiger charge is 2.12. The number of hydrogen-bond acceptors (Lipinski definition) is 2. The van der Waals surface area contributed by atoms with Crippen LogP contribution in [0.1, 0.15) is 15.9 Å². The Morgan fingerprint density at radius 2 is 2.00 bits per heavy atom. The van der Waals surface area contributed by atoms with Gasteiger partial charge in [0.1, 0.15) is 5.82 Å². The number of hydrogen-bond donors (Lipinski definition) is 2. The first kappa shape index (κ1) is 13.5. The number of carbonyl (C=O) groups is 1. The van der Waals surface area contributed by atoms with Crippen molar-refractivity contribution in [2.45, 2.75) is 6.92 Å². The minimum Gasteiger partial charge on any atom is -0.399 e. The maximum atomic E-state index is 13.6. The lowest BCUT2D eigenvalue weighted by atomic mass is 10.1. The fourth-order valence-corrected chi connectivity index (χ4v) is 2.33. The van der Waals surface area contributed by atoms with Crippen molar-refractivity contribution in [1.82, 2.24) is 0 Å². The number of carbonyl (C=O) groups excluding carboxylic acids is 1. The minimum atomic E-state index is -0.635. The Bertz CT molecular complexity index is 623. The van der Waals surface area contributed by atoms with Crippen molar-refractivity contribution in [3.8, 4) is 0 Å². The molecule has 2 aromatic rings. The van der Waals surface area contributed by atoms with E-state index in [0.717, 1.165) is 16.1 Å². The normalized spacial score (nSPS) is 10.3. The Labute approximate surface area is 118 Å². The number of benzene rings is 2. The largest absolute Gasteiger partial charge is 0.399 e. The van der Waals surface area contributed by atoms with Crippen LogP contribution in [-0.2, 0) is 0 Å². The Balaban J connectivity index is 2.25. The summed E-state index contributed by atoms with van der Waals surface area (Å²) in [4.78, 5) is 12.0. The third-order valence-corrected chi connectivity index (χ3v) is 3.00. The summed E-state index contributed by atoms with van der Waals surface area (Å²) in [7, 11) is 0. The smallest absolute Gasteiger partial charge is 0.258 e. The van der Waals surface area contributed by atoms with Gasteiger partial charge in [0.25, 0.3) is 5.91 Å². The monoisotopic (exact) mass is 322 g/mol. The van der Waals surface area contributed by atoms with Crippen molar-refractivity contribution >= 4 is 33.2 Å². The number of aryl methyl sites for hydroxylation is 1. The summed E-state index contributed by atoms with van der Waals surface area (Å²) in [5, 5.41) is 2.65. The van der Waals surface area contributed by atoms with E-state index in [0.29, 0.717) is 5.69 Å². The molecule has 0 spiro atoms. The van der Waals surface area contributed by atoms with Crippen LogP contribution in [0.3, 0.4) is 0 Å². The summed E-state index contributed by atoms with van der Waals surface area (Å²) in [6.45, 7) is 1.91. The molecule has 19 heavy (non-hydrogen) atoms. The van der Waals surface area contributed by atoms with Crippen LogP contribution in [0.15, 0.2) is 40.9 Å². The zero-order valence-corrected chi connectivity index (χ0v) is 11.8. The summed E-state index contributed by atoms with van der Waals surface area (Å²) >= 11 is 3.34. The van der Waals surface area contributed by atoms with E-state index in [-0.39, 0.29) is 11.3 Å². The van der Waals surface area contributed by atoms with Crippen molar-refractivity contribution < 1.29 is 9.18 Å². The van der Waals surface area contributed by atoms with Crippen molar-refractivity contribution in [2.24, 2.45) is 0 Å². The average Bonchev–Trinajstić information content (AvgIpc) is 2.26. The highest BCUT2D eigenvalue weighted by atomic mass is 79.9. The lowest BCUT2D eigenvalue weighted by Crippen LogP contribution is -2.14. The van der Waals surface area contributed by atoms with Crippen LogP contribution < -0.4 is 11.1 Å². The molecule has 0 aliphatic heterocycles. The molecule has 0 heterocycles. The second-order valence-corrected chi connectivity index (χ2v) is 5.13. The Morgan fingerprint density at radius 1 is 1.26 bits per heavy atom. The molecule has 98 valence electrons. The van der Waals surface area contributed by atoms with Gasteiger partial charge >= 0.3 is 0 Å². The quantitative estimate of drug-likeness (QED) is 0.828. The summed E-state index contributed by atoms with van der Waals surface area (Å²) in [6, 6.07) is 9.45. The van der Waals surface area contributed by atoms with Crippen molar-refractivity contribution in [3.05, 3.63) is 57.8 Å². The Morgan fingerprint density at radius 3 is 2.63 bits per heavy atom. The molecule has 0 atom stereocenters. The van der Waals surface area contributed by atoms with Crippen molar-refractivity contribution in [2.75, 3.05) is 11.1 Å². The van der Waals surface area contributed by atoms with Crippen molar-refractivity contribution in [1.29, 1.82) is 0 Å². The number of rotatable bonds is 2. The number of nitrogen functional groups attached to an aromatic ring is 1. The summed E-state index contributed by atoms with van der Waals surface area (Å²) < 4.78 is 14.5. The number of amides is 1. The first-order valence-corrected chi connectivity index (χ1v) is 6.38. The molecule has 0 unspecified atom stereocenters. The minimum absolute atomic E-state index is 0.0353. The van der Waals surface area contributed by atoms with Gasteiger partial charge in [-0.25, -0.2) is 4.39 Å². The fraction of sp³-hybridized carbons (Fsp3) is 0.0714. The van der Waals surface area contributed by atoms with E-state index in [1.54, 1.807) is 12.1 Å². The molecule has 0 fully saturated rings.